The number of hydrogen-bond acceptors (Lipinski definition) is 5. The molecule has 3 rings (SSSR count). The first kappa shape index (κ1) is 13.5. The lowest BCUT2D eigenvalue weighted by Gasteiger charge is -2.35. The van der Waals surface area contributed by atoms with Crippen LogP contribution in [0.4, 0.5) is 5.69 Å². The summed E-state index contributed by atoms with van der Waals surface area (Å²) in [6.45, 7) is 3.09. The fourth-order valence-corrected chi connectivity index (χ4v) is 2.53. The van der Waals surface area contributed by atoms with Crippen molar-refractivity contribution in [3.63, 3.8) is 0 Å². The van der Waals surface area contributed by atoms with Crippen molar-refractivity contribution in [3.05, 3.63) is 18.2 Å². The monoisotopic (exact) mass is 292 g/mol. The van der Waals surface area contributed by atoms with Crippen molar-refractivity contribution in [2.75, 3.05) is 44.3 Å². The second-order valence-electron chi connectivity index (χ2n) is 4.91. The third-order valence-corrected chi connectivity index (χ3v) is 3.64. The number of aliphatic carboxylic acids is 1. The topological polar surface area (TPSA) is 79.3 Å². The summed E-state index contributed by atoms with van der Waals surface area (Å²) in [5, 5.41) is 8.71. The number of carbonyl (C=O) groups excluding carboxylic acids is 1. The van der Waals surface area contributed by atoms with Gasteiger partial charge in [-0.1, -0.05) is 0 Å². The molecule has 1 aromatic rings. The van der Waals surface area contributed by atoms with Crippen LogP contribution in [0.15, 0.2) is 18.2 Å². The summed E-state index contributed by atoms with van der Waals surface area (Å²) in [6, 6.07) is 5.74. The lowest BCUT2D eigenvalue weighted by molar-refractivity contribution is -0.156. The molecule has 1 N–H and O–H groups in total. The number of rotatable bonds is 1. The zero-order chi connectivity index (χ0) is 14.8. The zero-order valence-electron chi connectivity index (χ0n) is 11.4. The molecule has 2 heterocycles. The molecule has 0 aromatic heterocycles. The number of hydrogen-bond donors (Lipinski definition) is 1. The molecule has 0 radical (unpaired) electrons. The lowest BCUT2D eigenvalue weighted by Crippen LogP contribution is -2.50. The molecular formula is C14H16N2O5. The molecule has 0 saturated carbocycles. The summed E-state index contributed by atoms with van der Waals surface area (Å²) in [5.41, 5.74) is 0.988. The molecule has 112 valence electrons. The first-order valence-electron chi connectivity index (χ1n) is 6.82. The Balaban J connectivity index is 1.67. The number of anilines is 1. The van der Waals surface area contributed by atoms with Crippen LogP contribution < -0.4 is 14.4 Å². The minimum atomic E-state index is -1.40. The number of carboxylic acid groups (broad SMARTS) is 1. The van der Waals surface area contributed by atoms with Gasteiger partial charge in [0.1, 0.15) is 13.2 Å². The van der Waals surface area contributed by atoms with Crippen molar-refractivity contribution in [3.8, 4) is 11.5 Å². The molecule has 1 aromatic carbocycles. The minimum Gasteiger partial charge on any atom is -0.486 e. The lowest BCUT2D eigenvalue weighted by atomic mass is 10.2. The Morgan fingerprint density at radius 3 is 2.33 bits per heavy atom. The average molecular weight is 292 g/mol. The third kappa shape index (κ3) is 2.72. The molecule has 0 bridgehead atoms. The summed E-state index contributed by atoms with van der Waals surface area (Å²) in [4.78, 5) is 25.5. The highest BCUT2D eigenvalue weighted by Gasteiger charge is 2.26. The van der Waals surface area contributed by atoms with Gasteiger partial charge in [0.2, 0.25) is 0 Å². The van der Waals surface area contributed by atoms with Gasteiger partial charge < -0.3 is 24.4 Å². The van der Waals surface area contributed by atoms with Crippen molar-refractivity contribution >= 4 is 17.6 Å². The van der Waals surface area contributed by atoms with Crippen LogP contribution in [0.5, 0.6) is 11.5 Å². The van der Waals surface area contributed by atoms with Crippen LogP contribution in [0.25, 0.3) is 0 Å². The van der Waals surface area contributed by atoms with E-state index in [9.17, 15) is 9.59 Å². The number of carboxylic acids is 1. The van der Waals surface area contributed by atoms with E-state index < -0.39 is 11.9 Å². The summed E-state index contributed by atoms with van der Waals surface area (Å²) < 4.78 is 11.0. The molecule has 7 nitrogen and oxygen atoms in total. The molecule has 1 amide bonds. The number of ether oxygens (including phenoxy) is 2. The van der Waals surface area contributed by atoms with Crippen molar-refractivity contribution in [2.45, 2.75) is 0 Å². The Morgan fingerprint density at radius 1 is 1.00 bits per heavy atom. The number of amides is 1. The smallest absolute Gasteiger partial charge is 0.394 e. The van der Waals surface area contributed by atoms with Crippen molar-refractivity contribution in [1.29, 1.82) is 0 Å². The number of carbonyl (C=O) groups is 2. The first-order chi connectivity index (χ1) is 10.1. The average Bonchev–Trinajstić information content (AvgIpc) is 2.54. The van der Waals surface area contributed by atoms with Gasteiger partial charge in [-0.15, -0.1) is 0 Å². The molecule has 2 aliphatic rings. The van der Waals surface area contributed by atoms with E-state index in [4.69, 9.17) is 14.6 Å². The van der Waals surface area contributed by atoms with Crippen molar-refractivity contribution in [2.24, 2.45) is 0 Å². The van der Waals surface area contributed by atoms with Crippen LogP contribution in [0.3, 0.4) is 0 Å². The summed E-state index contributed by atoms with van der Waals surface area (Å²) in [5.74, 6) is -0.771. The van der Waals surface area contributed by atoms with E-state index >= 15 is 0 Å². The van der Waals surface area contributed by atoms with Gasteiger partial charge in [-0.2, -0.15) is 0 Å². The number of nitrogens with zero attached hydrogens (tertiary/aromatic N) is 2. The molecule has 0 atom stereocenters. The minimum absolute atomic E-state index is 0.402. The van der Waals surface area contributed by atoms with Gasteiger partial charge in [-0.3, -0.25) is 4.79 Å². The summed E-state index contributed by atoms with van der Waals surface area (Å²) in [6.07, 6.45) is 0. The van der Waals surface area contributed by atoms with Crippen molar-refractivity contribution < 1.29 is 24.2 Å². The van der Waals surface area contributed by atoms with Crippen molar-refractivity contribution in [1.82, 2.24) is 4.90 Å². The molecule has 2 aliphatic heterocycles. The predicted octanol–water partition coefficient (Wildman–Crippen LogP) is 0.191. The molecule has 1 fully saturated rings. The van der Waals surface area contributed by atoms with Gasteiger partial charge in [0.15, 0.2) is 11.5 Å². The van der Waals surface area contributed by atoms with E-state index in [2.05, 4.69) is 4.90 Å². The van der Waals surface area contributed by atoms with Gasteiger partial charge in [-0.25, -0.2) is 4.79 Å². The fraction of sp³-hybridized carbons (Fsp3) is 0.429. The highest BCUT2D eigenvalue weighted by Crippen LogP contribution is 2.34. The van der Waals surface area contributed by atoms with Crippen LogP contribution in [-0.2, 0) is 9.59 Å². The normalized spacial score (nSPS) is 17.5. The number of fused-ring (bicyclic) bond motifs is 1. The number of piperazine rings is 1. The predicted molar refractivity (Wildman–Crippen MR) is 73.9 cm³/mol. The molecule has 0 spiro atoms. The Bertz CT molecular complexity index is 566. The van der Waals surface area contributed by atoms with Crippen LogP contribution in [0.1, 0.15) is 0 Å². The summed E-state index contributed by atoms with van der Waals surface area (Å²) in [7, 11) is 0. The molecule has 7 heteroatoms. The standard InChI is InChI=1S/C14H16N2O5/c17-13(14(18)19)16-5-3-15(4-6-16)10-1-2-11-12(9-10)21-8-7-20-11/h1-2,9H,3-8H2,(H,18,19). The molecular weight excluding hydrogens is 276 g/mol. The third-order valence-electron chi connectivity index (χ3n) is 3.64. The Hall–Kier alpha value is -2.44. The Labute approximate surface area is 121 Å². The highest BCUT2D eigenvalue weighted by molar-refractivity contribution is 6.31. The fourth-order valence-electron chi connectivity index (χ4n) is 2.53. The van der Waals surface area contributed by atoms with Crippen LogP contribution in [0.2, 0.25) is 0 Å². The van der Waals surface area contributed by atoms with E-state index in [-0.39, 0.29) is 0 Å². The quantitative estimate of drug-likeness (QED) is 0.744. The van der Waals surface area contributed by atoms with E-state index in [1.807, 2.05) is 18.2 Å². The Kier molecular flexibility index (Phi) is 3.55. The van der Waals surface area contributed by atoms with Crippen LogP contribution >= 0.6 is 0 Å². The van der Waals surface area contributed by atoms with Crippen LogP contribution in [-0.4, -0.2) is 61.3 Å². The van der Waals surface area contributed by atoms with Gasteiger partial charge in [0.05, 0.1) is 0 Å². The van der Waals surface area contributed by atoms with Gasteiger partial charge in [0, 0.05) is 37.9 Å². The maximum absolute atomic E-state index is 11.4. The van der Waals surface area contributed by atoms with Gasteiger partial charge in [0.25, 0.3) is 0 Å². The molecule has 21 heavy (non-hydrogen) atoms. The maximum Gasteiger partial charge on any atom is 0.394 e. The molecule has 1 saturated heterocycles. The number of benzene rings is 1. The SMILES string of the molecule is O=C(O)C(=O)N1CCN(c2ccc3c(c2)OCCO3)CC1. The second kappa shape index (κ2) is 5.51. The van der Waals surface area contributed by atoms with E-state index in [1.54, 1.807) is 0 Å². The highest BCUT2D eigenvalue weighted by atomic mass is 16.6. The van der Waals surface area contributed by atoms with E-state index in [0.29, 0.717) is 39.4 Å². The van der Waals surface area contributed by atoms with E-state index in [0.717, 1.165) is 17.2 Å². The van der Waals surface area contributed by atoms with Crippen LogP contribution in [0, 0.1) is 0 Å². The second-order valence-corrected chi connectivity index (χ2v) is 4.91. The van der Waals surface area contributed by atoms with E-state index in [1.165, 1.54) is 4.90 Å². The maximum atomic E-state index is 11.4. The van der Waals surface area contributed by atoms with Gasteiger partial charge in [-0.05, 0) is 12.1 Å². The largest absolute Gasteiger partial charge is 0.486 e. The summed E-state index contributed by atoms with van der Waals surface area (Å²) >= 11 is 0. The van der Waals surface area contributed by atoms with Gasteiger partial charge >= 0.3 is 11.9 Å². The zero-order valence-corrected chi connectivity index (χ0v) is 11.4. The molecule has 0 unspecified atom stereocenters. The molecule has 0 aliphatic carbocycles. The first-order valence-corrected chi connectivity index (χ1v) is 6.82. The Morgan fingerprint density at radius 2 is 1.67 bits per heavy atom.